The number of nitrogens with zero attached hydrogens (tertiary/aromatic N) is 4. The number of carbonyl (C=O) groups excluding carboxylic acids is 1. The summed E-state index contributed by atoms with van der Waals surface area (Å²) in [5.74, 6) is 0.208. The molecular formula is C16H17Cl4N5O. The summed E-state index contributed by atoms with van der Waals surface area (Å²) in [6, 6.07) is 1.45. The molecule has 0 radical (unpaired) electrons. The summed E-state index contributed by atoms with van der Waals surface area (Å²) < 4.78 is 1.82. The van der Waals surface area contributed by atoms with E-state index in [-0.39, 0.29) is 38.2 Å². The molecule has 1 aliphatic rings. The number of anilines is 1. The lowest BCUT2D eigenvalue weighted by Crippen LogP contribution is -2.41. The maximum Gasteiger partial charge on any atom is 0.238 e. The van der Waals surface area contributed by atoms with Crippen molar-refractivity contribution in [1.82, 2.24) is 19.7 Å². The molecule has 0 bridgehead atoms. The number of amides is 1. The molecule has 6 nitrogen and oxygen atoms in total. The van der Waals surface area contributed by atoms with Crippen LogP contribution in [0.25, 0.3) is 0 Å². The van der Waals surface area contributed by atoms with Gasteiger partial charge in [-0.25, -0.2) is 4.98 Å². The number of halogens is 4. The van der Waals surface area contributed by atoms with Crippen LogP contribution in [-0.2, 0) is 11.3 Å². The van der Waals surface area contributed by atoms with Gasteiger partial charge < -0.3 is 5.32 Å². The number of rotatable bonds is 5. The Morgan fingerprint density at radius 1 is 1.23 bits per heavy atom. The minimum Gasteiger partial charge on any atom is -0.322 e. The number of hydrogen-bond donors (Lipinski definition) is 1. The minimum atomic E-state index is -0.214. The van der Waals surface area contributed by atoms with Gasteiger partial charge >= 0.3 is 0 Å². The second kappa shape index (κ2) is 8.76. The van der Waals surface area contributed by atoms with Crippen LogP contribution in [0.4, 0.5) is 5.69 Å². The summed E-state index contributed by atoms with van der Waals surface area (Å²) in [5.41, 5.74) is 0.243. The second-order valence-electron chi connectivity index (χ2n) is 6.25. The van der Waals surface area contributed by atoms with Crippen LogP contribution in [0.1, 0.15) is 12.8 Å². The van der Waals surface area contributed by atoms with E-state index in [0.29, 0.717) is 5.92 Å². The first kappa shape index (κ1) is 19.7. The van der Waals surface area contributed by atoms with E-state index < -0.39 is 0 Å². The molecule has 1 unspecified atom stereocenters. The van der Waals surface area contributed by atoms with Crippen LogP contribution in [0.5, 0.6) is 0 Å². The van der Waals surface area contributed by atoms with Gasteiger partial charge in [0.2, 0.25) is 5.91 Å². The lowest BCUT2D eigenvalue weighted by atomic mass is 9.98. The molecule has 0 spiro atoms. The van der Waals surface area contributed by atoms with E-state index in [1.165, 1.54) is 12.4 Å². The van der Waals surface area contributed by atoms with Gasteiger partial charge in [0.1, 0.15) is 12.7 Å². The van der Waals surface area contributed by atoms with Crippen molar-refractivity contribution >= 4 is 58.0 Å². The predicted molar refractivity (Wildman–Crippen MR) is 104 cm³/mol. The van der Waals surface area contributed by atoms with Crippen molar-refractivity contribution in [3.8, 4) is 0 Å². The molecule has 1 aromatic heterocycles. The highest BCUT2D eigenvalue weighted by molar-refractivity contribution is 6.50. The van der Waals surface area contributed by atoms with E-state index in [1.54, 1.807) is 6.33 Å². The predicted octanol–water partition coefficient (Wildman–Crippen LogP) is 4.24. The number of likely N-dealkylation sites (tertiary alicyclic amines) is 1. The third kappa shape index (κ3) is 4.81. The quantitative estimate of drug-likeness (QED) is 0.711. The third-order valence-electron chi connectivity index (χ3n) is 4.26. The van der Waals surface area contributed by atoms with Gasteiger partial charge in [0, 0.05) is 13.1 Å². The van der Waals surface area contributed by atoms with Crippen molar-refractivity contribution < 1.29 is 4.79 Å². The van der Waals surface area contributed by atoms with Gasteiger partial charge in [-0.3, -0.25) is 14.4 Å². The Bertz CT molecular complexity index is 757. The van der Waals surface area contributed by atoms with Crippen molar-refractivity contribution in [1.29, 1.82) is 0 Å². The van der Waals surface area contributed by atoms with Crippen LogP contribution in [0.3, 0.4) is 0 Å². The van der Waals surface area contributed by atoms with E-state index in [1.807, 2.05) is 4.68 Å². The van der Waals surface area contributed by atoms with E-state index in [4.69, 9.17) is 46.4 Å². The Hall–Kier alpha value is -1.05. The lowest BCUT2D eigenvalue weighted by Gasteiger charge is -2.32. The van der Waals surface area contributed by atoms with Crippen molar-refractivity contribution in [2.24, 2.45) is 5.92 Å². The highest BCUT2D eigenvalue weighted by Crippen LogP contribution is 2.41. The molecule has 140 valence electrons. The van der Waals surface area contributed by atoms with Crippen LogP contribution in [0, 0.1) is 5.92 Å². The molecule has 1 atom stereocenters. The van der Waals surface area contributed by atoms with Gasteiger partial charge in [-0.05, 0) is 31.4 Å². The maximum absolute atomic E-state index is 12.4. The fraction of sp³-hybridized carbons (Fsp3) is 0.438. The van der Waals surface area contributed by atoms with Crippen molar-refractivity contribution in [2.45, 2.75) is 19.4 Å². The Morgan fingerprint density at radius 2 is 1.96 bits per heavy atom. The number of benzene rings is 1. The Balaban J connectivity index is 1.60. The number of nitrogens with one attached hydrogen (secondary N) is 1. The van der Waals surface area contributed by atoms with Crippen LogP contribution in [-0.4, -0.2) is 45.2 Å². The molecule has 1 fully saturated rings. The molecule has 2 aromatic rings. The molecule has 1 aromatic carbocycles. The summed E-state index contributed by atoms with van der Waals surface area (Å²) in [4.78, 5) is 18.5. The monoisotopic (exact) mass is 435 g/mol. The van der Waals surface area contributed by atoms with E-state index >= 15 is 0 Å². The number of hydrogen-bond acceptors (Lipinski definition) is 4. The molecule has 3 rings (SSSR count). The molecule has 26 heavy (non-hydrogen) atoms. The zero-order valence-electron chi connectivity index (χ0n) is 13.8. The SMILES string of the molecule is O=C(CN1CCCC(Cn2cncn2)C1)Nc1c(Cl)c(Cl)cc(Cl)c1Cl. The van der Waals surface area contributed by atoms with Crippen molar-refractivity contribution in [3.63, 3.8) is 0 Å². The molecule has 1 aliphatic heterocycles. The van der Waals surface area contributed by atoms with E-state index in [2.05, 4.69) is 20.3 Å². The van der Waals surface area contributed by atoms with Gasteiger partial charge in [0.05, 0.1) is 32.3 Å². The van der Waals surface area contributed by atoms with Crippen LogP contribution in [0.15, 0.2) is 18.7 Å². The Kier molecular flexibility index (Phi) is 6.64. The number of piperidine rings is 1. The van der Waals surface area contributed by atoms with Gasteiger partial charge in [-0.2, -0.15) is 5.10 Å². The topological polar surface area (TPSA) is 63.1 Å². The van der Waals surface area contributed by atoms with Crippen LogP contribution < -0.4 is 5.32 Å². The smallest absolute Gasteiger partial charge is 0.238 e. The number of carbonyl (C=O) groups is 1. The van der Waals surface area contributed by atoms with Crippen molar-refractivity contribution in [2.75, 3.05) is 25.0 Å². The van der Waals surface area contributed by atoms with E-state index in [0.717, 1.165) is 32.5 Å². The van der Waals surface area contributed by atoms with Gasteiger partial charge in [0.25, 0.3) is 0 Å². The minimum absolute atomic E-state index is 0.178. The van der Waals surface area contributed by atoms with Crippen molar-refractivity contribution in [3.05, 3.63) is 38.8 Å². The first-order chi connectivity index (χ1) is 12.4. The maximum atomic E-state index is 12.4. The molecular weight excluding hydrogens is 420 g/mol. The highest BCUT2D eigenvalue weighted by Gasteiger charge is 2.23. The largest absolute Gasteiger partial charge is 0.322 e. The summed E-state index contributed by atoms with van der Waals surface area (Å²) in [6.45, 7) is 2.70. The normalized spacial score (nSPS) is 18.1. The fourth-order valence-corrected chi connectivity index (χ4v) is 4.00. The highest BCUT2D eigenvalue weighted by atomic mass is 35.5. The molecule has 0 aliphatic carbocycles. The first-order valence-electron chi connectivity index (χ1n) is 8.11. The average molecular weight is 437 g/mol. The Labute approximate surface area is 171 Å². The first-order valence-corrected chi connectivity index (χ1v) is 9.63. The van der Waals surface area contributed by atoms with E-state index in [9.17, 15) is 4.79 Å². The fourth-order valence-electron chi connectivity index (χ4n) is 3.10. The summed E-state index contributed by atoms with van der Waals surface area (Å²) in [6.07, 6.45) is 5.35. The molecule has 2 heterocycles. The van der Waals surface area contributed by atoms with Gasteiger partial charge in [-0.15, -0.1) is 0 Å². The zero-order valence-corrected chi connectivity index (χ0v) is 16.8. The van der Waals surface area contributed by atoms with Gasteiger partial charge in [0.15, 0.2) is 0 Å². The van der Waals surface area contributed by atoms with Gasteiger partial charge in [-0.1, -0.05) is 46.4 Å². The van der Waals surface area contributed by atoms with Crippen LogP contribution in [0.2, 0.25) is 20.1 Å². The standard InChI is InChI=1S/C16H17Cl4N5O/c17-11-4-12(18)15(20)16(14(11)19)23-13(26)7-24-3-1-2-10(5-24)6-25-9-21-8-22-25/h4,8-10H,1-3,5-7H2,(H,23,26). The molecule has 1 saturated heterocycles. The summed E-state index contributed by atoms with van der Waals surface area (Å²) >= 11 is 24.3. The molecule has 1 N–H and O–H groups in total. The molecule has 0 saturated carbocycles. The lowest BCUT2D eigenvalue weighted by molar-refractivity contribution is -0.117. The second-order valence-corrected chi connectivity index (χ2v) is 7.82. The third-order valence-corrected chi connectivity index (χ3v) is 5.83. The van der Waals surface area contributed by atoms with Crippen LogP contribution >= 0.6 is 46.4 Å². The summed E-state index contributed by atoms with van der Waals surface area (Å²) in [5, 5.41) is 7.70. The Morgan fingerprint density at radius 3 is 2.62 bits per heavy atom. The number of aromatic nitrogens is 3. The zero-order chi connectivity index (χ0) is 18.7. The molecule has 10 heteroatoms. The summed E-state index contributed by atoms with van der Waals surface area (Å²) in [7, 11) is 0. The average Bonchev–Trinajstić information content (AvgIpc) is 3.10. The molecule has 1 amide bonds.